The van der Waals surface area contributed by atoms with Crippen molar-refractivity contribution in [2.75, 3.05) is 38.1 Å². The van der Waals surface area contributed by atoms with E-state index in [2.05, 4.69) is 27.4 Å². The number of benzene rings is 1. The highest BCUT2D eigenvalue weighted by Crippen LogP contribution is 2.28. The molecule has 180 valence electrons. The first-order chi connectivity index (χ1) is 16.4. The van der Waals surface area contributed by atoms with Crippen molar-refractivity contribution in [3.8, 4) is 0 Å². The molecule has 0 radical (unpaired) electrons. The number of fused-ring (bicyclic) bond motifs is 1. The Balaban J connectivity index is 1.29. The molecule has 1 atom stereocenters. The van der Waals surface area contributed by atoms with Gasteiger partial charge < -0.3 is 20.0 Å². The number of nitrogens with one attached hydrogen (secondary N) is 1. The van der Waals surface area contributed by atoms with E-state index in [4.69, 9.17) is 0 Å². The van der Waals surface area contributed by atoms with E-state index in [1.165, 1.54) is 9.58 Å². The lowest BCUT2D eigenvalue weighted by Crippen LogP contribution is -2.63. The molecular weight excluding hydrogens is 432 g/mol. The van der Waals surface area contributed by atoms with Gasteiger partial charge >= 0.3 is 0 Å². The minimum absolute atomic E-state index is 0.165. The smallest absolute Gasteiger partial charge is 0.274 e. The van der Waals surface area contributed by atoms with Crippen molar-refractivity contribution in [2.24, 2.45) is 0 Å². The summed E-state index contributed by atoms with van der Waals surface area (Å²) in [5, 5.41) is 7.60. The summed E-state index contributed by atoms with van der Waals surface area (Å²) < 4.78 is 1.53. The van der Waals surface area contributed by atoms with Crippen LogP contribution in [0.2, 0.25) is 0 Å². The van der Waals surface area contributed by atoms with Crippen LogP contribution < -0.4 is 10.2 Å². The predicted octanol–water partition coefficient (Wildman–Crippen LogP) is 1.75. The molecule has 3 amide bonds. The number of aromatic nitrogens is 2. The van der Waals surface area contributed by atoms with Crippen molar-refractivity contribution in [1.82, 2.24) is 24.9 Å². The summed E-state index contributed by atoms with van der Waals surface area (Å²) in [6.07, 6.45) is 4.18. The highest BCUT2D eigenvalue weighted by molar-refractivity contribution is 6.01. The topological polar surface area (TPSA) is 90.8 Å². The largest absolute Gasteiger partial charge is 0.368 e. The molecule has 2 aromatic rings. The highest BCUT2D eigenvalue weighted by atomic mass is 16.2. The van der Waals surface area contributed by atoms with E-state index in [0.717, 1.165) is 44.5 Å². The minimum Gasteiger partial charge on any atom is -0.368 e. The van der Waals surface area contributed by atoms with Crippen molar-refractivity contribution in [2.45, 2.75) is 50.7 Å². The molecule has 0 bridgehead atoms. The van der Waals surface area contributed by atoms with Crippen LogP contribution in [0.1, 0.15) is 53.6 Å². The summed E-state index contributed by atoms with van der Waals surface area (Å²) in [4.78, 5) is 45.0. The SMILES string of the molecule is CN1C(=O)c2cc(C(=O)N3CCN(c4ccccc4)CC3)nn2C[C@@]1(C)C(=O)NC1CCCC1. The standard InChI is InChI=1S/C25H32N6O3/c1-25(24(34)26-18-8-6-7-9-18)17-31-21(23(33)28(25)2)16-20(27-31)22(32)30-14-12-29(13-15-30)19-10-4-3-5-11-19/h3-5,10-11,16,18H,6-9,12-15,17H2,1-2H3,(H,26,34)/t25-/m0/s1. The number of hydrogen-bond donors (Lipinski definition) is 1. The summed E-state index contributed by atoms with van der Waals surface area (Å²) in [5.74, 6) is -0.640. The highest BCUT2D eigenvalue weighted by Gasteiger charge is 2.47. The van der Waals surface area contributed by atoms with Crippen LogP contribution >= 0.6 is 0 Å². The molecule has 1 aromatic heterocycles. The van der Waals surface area contributed by atoms with Crippen LogP contribution in [-0.4, -0.2) is 82.1 Å². The lowest BCUT2D eigenvalue weighted by Gasteiger charge is -2.41. The molecule has 3 aliphatic rings. The van der Waals surface area contributed by atoms with E-state index in [9.17, 15) is 14.4 Å². The van der Waals surface area contributed by atoms with Gasteiger partial charge in [-0.15, -0.1) is 0 Å². The number of piperazine rings is 1. The molecule has 1 N–H and O–H groups in total. The maximum atomic E-state index is 13.2. The lowest BCUT2D eigenvalue weighted by molar-refractivity contribution is -0.133. The number of nitrogens with zero attached hydrogens (tertiary/aromatic N) is 5. The molecule has 1 aromatic carbocycles. The van der Waals surface area contributed by atoms with Gasteiger partial charge in [0.05, 0.1) is 6.54 Å². The molecule has 1 aliphatic carbocycles. The fraction of sp³-hybridized carbons (Fsp3) is 0.520. The van der Waals surface area contributed by atoms with Gasteiger partial charge in [-0.1, -0.05) is 31.0 Å². The maximum Gasteiger partial charge on any atom is 0.274 e. The van der Waals surface area contributed by atoms with Gasteiger partial charge in [-0.2, -0.15) is 5.10 Å². The van der Waals surface area contributed by atoms with Crippen molar-refractivity contribution in [1.29, 1.82) is 0 Å². The lowest BCUT2D eigenvalue weighted by atomic mass is 9.95. The van der Waals surface area contributed by atoms with E-state index < -0.39 is 5.54 Å². The first-order valence-electron chi connectivity index (χ1n) is 12.1. The zero-order valence-corrected chi connectivity index (χ0v) is 19.9. The summed E-state index contributed by atoms with van der Waals surface area (Å²) >= 11 is 0. The molecule has 2 aliphatic heterocycles. The Labute approximate surface area is 199 Å². The number of rotatable bonds is 4. The molecule has 2 fully saturated rings. The Kier molecular flexibility index (Phi) is 5.79. The zero-order chi connectivity index (χ0) is 23.9. The Morgan fingerprint density at radius 3 is 2.41 bits per heavy atom. The number of hydrogen-bond acceptors (Lipinski definition) is 5. The Bertz CT molecular complexity index is 1090. The van der Waals surface area contributed by atoms with Gasteiger partial charge in [-0.05, 0) is 31.9 Å². The van der Waals surface area contributed by atoms with Gasteiger partial charge in [-0.25, -0.2) is 0 Å². The number of carbonyl (C=O) groups excluding carboxylic acids is 3. The average Bonchev–Trinajstić information content (AvgIpc) is 3.53. The summed E-state index contributed by atoms with van der Waals surface area (Å²) in [6.45, 7) is 4.65. The minimum atomic E-state index is -1.06. The van der Waals surface area contributed by atoms with Crippen LogP contribution in [0.3, 0.4) is 0 Å². The van der Waals surface area contributed by atoms with Gasteiger partial charge in [0.15, 0.2) is 5.69 Å². The third kappa shape index (κ3) is 3.93. The zero-order valence-electron chi connectivity index (χ0n) is 19.9. The van der Waals surface area contributed by atoms with Crippen molar-refractivity contribution < 1.29 is 14.4 Å². The summed E-state index contributed by atoms with van der Waals surface area (Å²) in [7, 11) is 1.65. The first kappa shape index (κ1) is 22.4. The van der Waals surface area contributed by atoms with Crippen molar-refractivity contribution >= 4 is 23.4 Å². The molecule has 0 unspecified atom stereocenters. The van der Waals surface area contributed by atoms with Gasteiger partial charge in [0, 0.05) is 51.0 Å². The molecule has 5 rings (SSSR count). The van der Waals surface area contributed by atoms with E-state index >= 15 is 0 Å². The molecule has 34 heavy (non-hydrogen) atoms. The first-order valence-corrected chi connectivity index (χ1v) is 12.1. The van der Waals surface area contributed by atoms with Gasteiger partial charge in [0.2, 0.25) is 5.91 Å². The second-order valence-electron chi connectivity index (χ2n) is 9.78. The number of para-hydroxylation sites is 1. The number of likely N-dealkylation sites (N-methyl/N-ethyl adjacent to an activating group) is 1. The quantitative estimate of drug-likeness (QED) is 0.745. The van der Waals surface area contributed by atoms with E-state index in [0.29, 0.717) is 18.8 Å². The molecular formula is C25H32N6O3. The summed E-state index contributed by atoms with van der Waals surface area (Å²) in [5.41, 5.74) is 0.696. The Hall–Kier alpha value is -3.36. The Morgan fingerprint density at radius 2 is 1.74 bits per heavy atom. The van der Waals surface area contributed by atoms with E-state index in [-0.39, 0.29) is 36.0 Å². The van der Waals surface area contributed by atoms with Crippen LogP contribution in [0, 0.1) is 0 Å². The monoisotopic (exact) mass is 464 g/mol. The third-order valence-corrected chi connectivity index (χ3v) is 7.59. The van der Waals surface area contributed by atoms with Crippen molar-refractivity contribution in [3.05, 3.63) is 47.8 Å². The van der Waals surface area contributed by atoms with Crippen LogP contribution in [0.25, 0.3) is 0 Å². The fourth-order valence-electron chi connectivity index (χ4n) is 5.21. The number of amides is 3. The average molecular weight is 465 g/mol. The van der Waals surface area contributed by atoms with E-state index in [1.807, 2.05) is 18.2 Å². The van der Waals surface area contributed by atoms with Gasteiger partial charge in [0.1, 0.15) is 11.2 Å². The summed E-state index contributed by atoms with van der Waals surface area (Å²) in [6, 6.07) is 11.9. The normalized spacial score (nSPS) is 23.2. The number of carbonyl (C=O) groups is 3. The number of anilines is 1. The third-order valence-electron chi connectivity index (χ3n) is 7.59. The van der Waals surface area contributed by atoms with Gasteiger partial charge in [0.25, 0.3) is 11.8 Å². The second-order valence-corrected chi connectivity index (χ2v) is 9.78. The van der Waals surface area contributed by atoms with Crippen LogP contribution in [0.5, 0.6) is 0 Å². The molecule has 1 saturated heterocycles. The fourth-order valence-corrected chi connectivity index (χ4v) is 5.21. The van der Waals surface area contributed by atoms with Crippen LogP contribution in [0.4, 0.5) is 5.69 Å². The predicted molar refractivity (Wildman–Crippen MR) is 128 cm³/mol. The van der Waals surface area contributed by atoms with Crippen molar-refractivity contribution in [3.63, 3.8) is 0 Å². The van der Waals surface area contributed by atoms with E-state index in [1.54, 1.807) is 24.9 Å². The molecule has 3 heterocycles. The van der Waals surface area contributed by atoms with Gasteiger partial charge in [-0.3, -0.25) is 19.1 Å². The molecule has 9 nitrogen and oxygen atoms in total. The van der Waals surface area contributed by atoms with Crippen LogP contribution in [0.15, 0.2) is 36.4 Å². The maximum absolute atomic E-state index is 13.2. The molecule has 0 spiro atoms. The molecule has 1 saturated carbocycles. The Morgan fingerprint density at radius 1 is 1.06 bits per heavy atom. The van der Waals surface area contributed by atoms with Crippen LogP contribution in [-0.2, 0) is 11.3 Å². The molecule has 9 heteroatoms. The second kappa shape index (κ2) is 8.77.